The van der Waals surface area contributed by atoms with Crippen molar-refractivity contribution in [1.29, 1.82) is 0 Å². The first-order chi connectivity index (χ1) is 21.8. The second-order valence-electron chi connectivity index (χ2n) is 13.7. The third-order valence-corrected chi connectivity index (χ3v) is 15.7. The van der Waals surface area contributed by atoms with E-state index in [0.717, 1.165) is 6.42 Å². The Labute approximate surface area is 299 Å². The maximum Gasteiger partial charge on any atom is -1.00 e. The van der Waals surface area contributed by atoms with Gasteiger partial charge in [-0.25, -0.2) is 0 Å². The summed E-state index contributed by atoms with van der Waals surface area (Å²) in [6.45, 7) is 11.9. The van der Waals surface area contributed by atoms with Crippen LogP contribution in [0.2, 0.25) is 0 Å². The SMILES string of the molecule is C/[C](c1ccccc1)=[Ti+2](/[C]1=CC=CC1)[CH]1c2ccc(C(C)(C)c3ccccc3)cc2-c2cc(C(C)(C)c3ccccc3)ccc21.[Cl-].[Cl-]. The molecule has 2 aliphatic carbocycles. The van der Waals surface area contributed by atoms with E-state index in [0.29, 0.717) is 4.22 Å². The van der Waals surface area contributed by atoms with E-state index >= 15 is 0 Å². The standard InChI is InChI=1S/C31H29.C8H8.C5H5.2ClH.Ti/c1-30(2,24-11-7-5-8-12-24)26-17-15-22-19-23-16-18-27(21-29(23)28(22)20-26)31(3,4)25-13-9-6-10-14-25;1-2-8-6-4-3-5-7-8;1-2-4-5-3-1;;;/h5-21H,1-4H3;3-7H,1H3;1-3H,4H2;2*1H;/q;;;;;+2/p-2. The van der Waals surface area contributed by atoms with Crippen LogP contribution in [0.15, 0.2) is 149 Å². The van der Waals surface area contributed by atoms with Gasteiger partial charge in [-0.1, -0.05) is 0 Å². The summed E-state index contributed by atoms with van der Waals surface area (Å²) in [5.41, 5.74) is 12.6. The van der Waals surface area contributed by atoms with Crippen LogP contribution in [0.1, 0.15) is 84.2 Å². The minimum absolute atomic E-state index is 0. The van der Waals surface area contributed by atoms with Crippen molar-refractivity contribution in [2.45, 2.75) is 56.1 Å². The smallest absolute Gasteiger partial charge is 1.00 e. The third kappa shape index (κ3) is 6.35. The largest absolute Gasteiger partial charge is 1.00 e. The molecule has 0 heterocycles. The molecule has 0 saturated heterocycles. The summed E-state index contributed by atoms with van der Waals surface area (Å²) in [4.78, 5) is 0. The molecule has 2 aliphatic rings. The molecule has 0 aliphatic heterocycles. The summed E-state index contributed by atoms with van der Waals surface area (Å²) in [5, 5.41) is 0. The van der Waals surface area contributed by atoms with Crippen molar-refractivity contribution in [3.8, 4) is 11.1 Å². The molecule has 3 heteroatoms. The molecule has 0 aromatic heterocycles. The van der Waals surface area contributed by atoms with Crippen molar-refractivity contribution in [2.24, 2.45) is 0 Å². The van der Waals surface area contributed by atoms with Gasteiger partial charge in [-0.05, 0) is 0 Å². The summed E-state index contributed by atoms with van der Waals surface area (Å²) >= 11 is -2.04. The second-order valence-corrected chi connectivity index (χ2v) is 18.1. The van der Waals surface area contributed by atoms with Gasteiger partial charge in [0.25, 0.3) is 0 Å². The van der Waals surface area contributed by atoms with Gasteiger partial charge >= 0.3 is 277 Å². The number of fused-ring (bicyclic) bond motifs is 3. The normalized spacial score (nSPS) is 14.0. The molecule has 236 valence electrons. The Balaban J connectivity index is 0.00000217. The van der Waals surface area contributed by atoms with E-state index < -0.39 is 17.4 Å². The van der Waals surface area contributed by atoms with Crippen LogP contribution in [0, 0.1) is 0 Å². The van der Waals surface area contributed by atoms with Crippen molar-refractivity contribution < 1.29 is 42.2 Å². The van der Waals surface area contributed by atoms with Crippen LogP contribution >= 0.6 is 0 Å². The molecular formula is C44H42Cl2Ti. The van der Waals surface area contributed by atoms with Crippen LogP contribution in [-0.2, 0) is 28.2 Å². The average molecular weight is 690 g/mol. The molecule has 47 heavy (non-hydrogen) atoms. The van der Waals surface area contributed by atoms with Gasteiger partial charge in [0.2, 0.25) is 0 Å². The van der Waals surface area contributed by atoms with Crippen LogP contribution in [0.4, 0.5) is 0 Å². The summed E-state index contributed by atoms with van der Waals surface area (Å²) in [7, 11) is 0. The van der Waals surface area contributed by atoms with Gasteiger partial charge in [0, 0.05) is 0 Å². The van der Waals surface area contributed by atoms with Crippen molar-refractivity contribution in [3.05, 3.63) is 188 Å². The Hall–Kier alpha value is -3.26. The molecular weight excluding hydrogens is 647 g/mol. The third-order valence-electron chi connectivity index (χ3n) is 10.5. The van der Waals surface area contributed by atoms with Gasteiger partial charge < -0.3 is 24.8 Å². The average Bonchev–Trinajstić information content (AvgIpc) is 3.73. The fourth-order valence-corrected chi connectivity index (χ4v) is 13.0. The Morgan fingerprint density at radius 1 is 0.574 bits per heavy atom. The minimum Gasteiger partial charge on any atom is -1.00 e. The molecule has 0 unspecified atom stereocenters. The van der Waals surface area contributed by atoms with Crippen molar-refractivity contribution in [3.63, 3.8) is 0 Å². The van der Waals surface area contributed by atoms with E-state index in [1.54, 1.807) is 7.69 Å². The van der Waals surface area contributed by atoms with Crippen molar-refractivity contribution in [1.82, 2.24) is 0 Å². The van der Waals surface area contributed by atoms with Gasteiger partial charge in [0.05, 0.1) is 0 Å². The first kappa shape index (κ1) is 35.1. The zero-order chi connectivity index (χ0) is 31.2. The summed E-state index contributed by atoms with van der Waals surface area (Å²) in [6.07, 6.45) is 8.17. The Bertz CT molecular complexity index is 1870. The van der Waals surface area contributed by atoms with Crippen LogP contribution in [0.25, 0.3) is 11.1 Å². The fourth-order valence-electron chi connectivity index (χ4n) is 7.51. The maximum absolute atomic E-state index is 2.54. The van der Waals surface area contributed by atoms with E-state index in [1.807, 2.05) is 0 Å². The molecule has 0 atom stereocenters. The molecule has 5 aromatic carbocycles. The molecule has 0 nitrogen and oxygen atoms in total. The van der Waals surface area contributed by atoms with Crippen LogP contribution in [-0.4, -0.2) is 3.81 Å². The minimum atomic E-state index is -2.04. The molecule has 5 aromatic rings. The molecule has 0 N–H and O–H groups in total. The van der Waals surface area contributed by atoms with Crippen molar-refractivity contribution in [2.75, 3.05) is 0 Å². The van der Waals surface area contributed by atoms with E-state index in [2.05, 4.69) is 180 Å². The maximum atomic E-state index is 2.54. The molecule has 0 spiro atoms. The number of hydrogen-bond acceptors (Lipinski definition) is 0. The zero-order valence-corrected chi connectivity index (χ0v) is 31.0. The Kier molecular flexibility index (Phi) is 10.5. The number of allylic oxidation sites excluding steroid dienone is 4. The van der Waals surface area contributed by atoms with Gasteiger partial charge in [-0.2, -0.15) is 0 Å². The predicted molar refractivity (Wildman–Crippen MR) is 189 cm³/mol. The quantitative estimate of drug-likeness (QED) is 0.209. The van der Waals surface area contributed by atoms with Gasteiger partial charge in [-0.3, -0.25) is 0 Å². The molecule has 0 radical (unpaired) electrons. The van der Waals surface area contributed by atoms with E-state index in [9.17, 15) is 0 Å². The van der Waals surface area contributed by atoms with E-state index in [4.69, 9.17) is 0 Å². The predicted octanol–water partition coefficient (Wildman–Crippen LogP) is 5.12. The molecule has 0 saturated carbocycles. The van der Waals surface area contributed by atoms with Crippen LogP contribution in [0.5, 0.6) is 0 Å². The van der Waals surface area contributed by atoms with Crippen molar-refractivity contribution >= 4 is 3.81 Å². The Morgan fingerprint density at radius 3 is 1.45 bits per heavy atom. The Morgan fingerprint density at radius 2 is 1.02 bits per heavy atom. The number of hydrogen-bond donors (Lipinski definition) is 0. The first-order valence-electron chi connectivity index (χ1n) is 16.3. The molecule has 7 rings (SSSR count). The van der Waals surface area contributed by atoms with Gasteiger partial charge in [-0.15, -0.1) is 0 Å². The summed E-state index contributed by atoms with van der Waals surface area (Å²) in [5.74, 6) is 0. The molecule has 0 fully saturated rings. The van der Waals surface area contributed by atoms with Gasteiger partial charge in [0.15, 0.2) is 0 Å². The number of halogens is 2. The zero-order valence-electron chi connectivity index (χ0n) is 27.9. The van der Waals surface area contributed by atoms with Crippen LogP contribution < -0.4 is 24.8 Å². The van der Waals surface area contributed by atoms with Crippen LogP contribution in [0.3, 0.4) is 0 Å². The summed E-state index contributed by atoms with van der Waals surface area (Å²) in [6, 6.07) is 48.0. The van der Waals surface area contributed by atoms with Gasteiger partial charge in [0.1, 0.15) is 0 Å². The fraction of sp³-hybridized carbons (Fsp3) is 0.205. The number of rotatable bonds is 7. The van der Waals surface area contributed by atoms with E-state index in [-0.39, 0.29) is 35.6 Å². The molecule has 0 amide bonds. The summed E-state index contributed by atoms with van der Waals surface area (Å²) < 4.78 is 3.70. The monoisotopic (exact) mass is 688 g/mol. The first-order valence-corrected chi connectivity index (χ1v) is 18.8. The second kappa shape index (κ2) is 14.1. The molecule has 0 bridgehead atoms. The van der Waals surface area contributed by atoms with E-state index in [1.165, 1.54) is 50.1 Å². The number of benzene rings is 5. The topological polar surface area (TPSA) is 0 Å².